The van der Waals surface area contributed by atoms with Crippen molar-refractivity contribution in [3.8, 4) is 5.75 Å². The topological polar surface area (TPSA) is 58.2 Å². The number of imidazole rings is 1. The summed E-state index contributed by atoms with van der Waals surface area (Å²) in [7, 11) is 1.65. The third kappa shape index (κ3) is 2.74. The van der Waals surface area contributed by atoms with Crippen LogP contribution in [0.2, 0.25) is 5.28 Å². The van der Waals surface area contributed by atoms with Crippen molar-refractivity contribution in [3.63, 3.8) is 0 Å². The molecule has 0 unspecified atom stereocenters. The van der Waals surface area contributed by atoms with Crippen LogP contribution < -0.4 is 9.64 Å². The summed E-state index contributed by atoms with van der Waals surface area (Å²) in [6.45, 7) is 0.689. The highest BCUT2D eigenvalue weighted by atomic mass is 35.5. The number of methoxy groups -OCH3 is 1. The van der Waals surface area contributed by atoms with Gasteiger partial charge in [0, 0.05) is 12.2 Å². The highest BCUT2D eigenvalue weighted by Crippen LogP contribution is 2.30. The Morgan fingerprint density at radius 3 is 3.00 bits per heavy atom. The lowest BCUT2D eigenvalue weighted by molar-refractivity contribution is 0.0982. The number of ether oxygens (including phenoxy) is 1. The van der Waals surface area contributed by atoms with Crippen LogP contribution in [0, 0.1) is 0 Å². The van der Waals surface area contributed by atoms with Gasteiger partial charge < -0.3 is 14.6 Å². The van der Waals surface area contributed by atoms with Crippen LogP contribution in [0.3, 0.4) is 0 Å². The number of benzene rings is 1. The SMILES string of the molecule is COc1ccc2c(c1)CCCCN2C(=O)c1cnc(Cl)[nH]1. The lowest BCUT2D eigenvalue weighted by atomic mass is 10.1. The summed E-state index contributed by atoms with van der Waals surface area (Å²) < 4.78 is 5.27. The zero-order valence-electron chi connectivity index (χ0n) is 11.7. The molecule has 0 aliphatic carbocycles. The number of fused-ring (bicyclic) bond motifs is 1. The van der Waals surface area contributed by atoms with Gasteiger partial charge in [0.15, 0.2) is 0 Å². The quantitative estimate of drug-likeness (QED) is 0.927. The number of hydrogen-bond acceptors (Lipinski definition) is 3. The van der Waals surface area contributed by atoms with Crippen molar-refractivity contribution in [2.75, 3.05) is 18.6 Å². The molecule has 2 heterocycles. The van der Waals surface area contributed by atoms with Gasteiger partial charge in [-0.3, -0.25) is 4.79 Å². The zero-order valence-corrected chi connectivity index (χ0v) is 12.5. The minimum atomic E-state index is -0.109. The van der Waals surface area contributed by atoms with Gasteiger partial charge in [-0.05, 0) is 54.6 Å². The van der Waals surface area contributed by atoms with Crippen molar-refractivity contribution in [3.05, 3.63) is 40.9 Å². The first-order chi connectivity index (χ1) is 10.2. The van der Waals surface area contributed by atoms with Gasteiger partial charge in [0.2, 0.25) is 5.28 Å². The van der Waals surface area contributed by atoms with Gasteiger partial charge in [-0.15, -0.1) is 0 Å². The Labute approximate surface area is 127 Å². The average molecular weight is 306 g/mol. The molecule has 6 heteroatoms. The van der Waals surface area contributed by atoms with Gasteiger partial charge in [0.05, 0.1) is 13.3 Å². The summed E-state index contributed by atoms with van der Waals surface area (Å²) in [5.74, 6) is 0.704. The lowest BCUT2D eigenvalue weighted by Crippen LogP contribution is -2.32. The molecule has 0 spiro atoms. The third-order valence-corrected chi connectivity index (χ3v) is 3.87. The number of nitrogens with zero attached hydrogens (tertiary/aromatic N) is 2. The van der Waals surface area contributed by atoms with E-state index in [9.17, 15) is 4.79 Å². The van der Waals surface area contributed by atoms with E-state index in [0.29, 0.717) is 12.2 Å². The van der Waals surface area contributed by atoms with E-state index in [1.807, 2.05) is 18.2 Å². The maximum Gasteiger partial charge on any atom is 0.276 e. The Kier molecular flexibility index (Phi) is 3.84. The molecule has 1 amide bonds. The third-order valence-electron chi connectivity index (χ3n) is 3.68. The van der Waals surface area contributed by atoms with E-state index in [0.717, 1.165) is 36.3 Å². The van der Waals surface area contributed by atoms with Crippen molar-refractivity contribution in [1.82, 2.24) is 9.97 Å². The molecule has 1 aliphatic rings. The van der Waals surface area contributed by atoms with Crippen molar-refractivity contribution in [1.29, 1.82) is 0 Å². The Morgan fingerprint density at radius 2 is 2.29 bits per heavy atom. The molecule has 21 heavy (non-hydrogen) atoms. The predicted octanol–water partition coefficient (Wildman–Crippen LogP) is 3.05. The van der Waals surface area contributed by atoms with Crippen molar-refractivity contribution in [2.24, 2.45) is 0 Å². The molecule has 1 aliphatic heterocycles. The average Bonchev–Trinajstić information content (AvgIpc) is 2.82. The Balaban J connectivity index is 1.98. The smallest absolute Gasteiger partial charge is 0.276 e. The zero-order chi connectivity index (χ0) is 14.8. The molecule has 1 aromatic heterocycles. The Bertz CT molecular complexity index is 669. The fourth-order valence-corrected chi connectivity index (χ4v) is 2.77. The highest BCUT2D eigenvalue weighted by molar-refractivity contribution is 6.28. The molecule has 1 N–H and O–H groups in total. The molecule has 5 nitrogen and oxygen atoms in total. The van der Waals surface area contributed by atoms with E-state index >= 15 is 0 Å². The molecular weight excluding hydrogens is 290 g/mol. The van der Waals surface area contributed by atoms with E-state index in [4.69, 9.17) is 16.3 Å². The normalized spacial score (nSPS) is 14.5. The van der Waals surface area contributed by atoms with Gasteiger partial charge in [-0.25, -0.2) is 4.98 Å². The van der Waals surface area contributed by atoms with Crippen LogP contribution >= 0.6 is 11.6 Å². The van der Waals surface area contributed by atoms with Crippen LogP contribution in [0.25, 0.3) is 0 Å². The van der Waals surface area contributed by atoms with Gasteiger partial charge in [-0.2, -0.15) is 0 Å². The van der Waals surface area contributed by atoms with E-state index in [1.54, 1.807) is 12.0 Å². The minimum Gasteiger partial charge on any atom is -0.497 e. The predicted molar refractivity (Wildman–Crippen MR) is 81.2 cm³/mol. The molecule has 0 fully saturated rings. The first kappa shape index (κ1) is 13.9. The molecule has 0 radical (unpaired) electrons. The van der Waals surface area contributed by atoms with Gasteiger partial charge in [-0.1, -0.05) is 0 Å². The summed E-state index contributed by atoms with van der Waals surface area (Å²) in [5.41, 5.74) is 2.47. The summed E-state index contributed by atoms with van der Waals surface area (Å²) in [6, 6.07) is 5.82. The number of rotatable bonds is 2. The fourth-order valence-electron chi connectivity index (χ4n) is 2.62. The van der Waals surface area contributed by atoms with E-state index < -0.39 is 0 Å². The highest BCUT2D eigenvalue weighted by Gasteiger charge is 2.24. The van der Waals surface area contributed by atoms with Crippen LogP contribution in [0.1, 0.15) is 28.9 Å². The number of halogens is 1. The van der Waals surface area contributed by atoms with Crippen LogP contribution in [0.5, 0.6) is 5.75 Å². The van der Waals surface area contributed by atoms with Crippen molar-refractivity contribution in [2.45, 2.75) is 19.3 Å². The van der Waals surface area contributed by atoms with E-state index in [2.05, 4.69) is 9.97 Å². The second-order valence-electron chi connectivity index (χ2n) is 5.00. The Morgan fingerprint density at radius 1 is 1.43 bits per heavy atom. The van der Waals surface area contributed by atoms with E-state index in [1.165, 1.54) is 6.20 Å². The number of carbonyl (C=O) groups is 1. The molecule has 1 aromatic carbocycles. The molecule has 0 saturated heterocycles. The van der Waals surface area contributed by atoms with E-state index in [-0.39, 0.29) is 11.2 Å². The van der Waals surface area contributed by atoms with Gasteiger partial charge in [0.1, 0.15) is 11.4 Å². The minimum absolute atomic E-state index is 0.109. The number of aromatic amines is 1. The standard InChI is InChI=1S/C15H16ClN3O2/c1-21-11-5-6-13-10(8-11)4-2-3-7-19(13)14(20)12-9-17-15(16)18-12/h5-6,8-9H,2-4,7H2,1H3,(H,17,18). The summed E-state index contributed by atoms with van der Waals surface area (Å²) in [5, 5.41) is 0.225. The molecule has 110 valence electrons. The van der Waals surface area contributed by atoms with Crippen LogP contribution in [0.15, 0.2) is 24.4 Å². The fraction of sp³-hybridized carbons (Fsp3) is 0.333. The first-order valence-electron chi connectivity index (χ1n) is 6.88. The maximum absolute atomic E-state index is 12.6. The van der Waals surface area contributed by atoms with Crippen molar-refractivity contribution >= 4 is 23.2 Å². The molecule has 0 atom stereocenters. The number of amides is 1. The number of aromatic nitrogens is 2. The number of anilines is 1. The second kappa shape index (κ2) is 5.77. The number of carbonyl (C=O) groups excluding carboxylic acids is 1. The maximum atomic E-state index is 12.6. The Hall–Kier alpha value is -2.01. The number of nitrogens with one attached hydrogen (secondary N) is 1. The lowest BCUT2D eigenvalue weighted by Gasteiger charge is -2.22. The second-order valence-corrected chi connectivity index (χ2v) is 5.35. The largest absolute Gasteiger partial charge is 0.497 e. The summed E-state index contributed by atoms with van der Waals surface area (Å²) in [4.78, 5) is 21.1. The van der Waals surface area contributed by atoms with Crippen LogP contribution in [0.4, 0.5) is 5.69 Å². The van der Waals surface area contributed by atoms with Gasteiger partial charge in [0.25, 0.3) is 5.91 Å². The van der Waals surface area contributed by atoms with Crippen LogP contribution in [-0.2, 0) is 6.42 Å². The number of hydrogen-bond donors (Lipinski definition) is 1. The monoisotopic (exact) mass is 305 g/mol. The molecule has 2 aromatic rings. The molecule has 0 saturated carbocycles. The summed E-state index contributed by atoms with van der Waals surface area (Å²) in [6.07, 6.45) is 4.43. The molecular formula is C15H16ClN3O2. The summed E-state index contributed by atoms with van der Waals surface area (Å²) >= 11 is 5.76. The number of aryl methyl sites for hydroxylation is 1. The first-order valence-corrected chi connectivity index (χ1v) is 7.26. The van der Waals surface area contributed by atoms with Crippen LogP contribution in [-0.4, -0.2) is 29.5 Å². The van der Waals surface area contributed by atoms with Crippen molar-refractivity contribution < 1.29 is 9.53 Å². The van der Waals surface area contributed by atoms with Gasteiger partial charge >= 0.3 is 0 Å². The number of H-pyrrole nitrogens is 1. The molecule has 3 rings (SSSR count). The molecule has 0 bridgehead atoms.